The summed E-state index contributed by atoms with van der Waals surface area (Å²) in [5, 5.41) is 9.18. The minimum absolute atomic E-state index is 0. The van der Waals surface area contributed by atoms with Crippen molar-refractivity contribution in [1.29, 1.82) is 0 Å². The van der Waals surface area contributed by atoms with Crippen molar-refractivity contribution in [3.63, 3.8) is 0 Å². The van der Waals surface area contributed by atoms with E-state index in [0.717, 1.165) is 12.0 Å². The molecule has 0 fully saturated rings. The molecule has 20 heavy (non-hydrogen) atoms. The van der Waals surface area contributed by atoms with Crippen molar-refractivity contribution in [3.8, 4) is 5.75 Å². The maximum absolute atomic E-state index is 9.18. The van der Waals surface area contributed by atoms with E-state index in [1.807, 2.05) is 24.3 Å². The van der Waals surface area contributed by atoms with Crippen LogP contribution in [0.2, 0.25) is 0 Å². The molecule has 2 rings (SSSR count). The van der Waals surface area contributed by atoms with Crippen LogP contribution in [0.1, 0.15) is 32.8 Å². The van der Waals surface area contributed by atoms with Crippen LogP contribution in [0.3, 0.4) is 0 Å². The van der Waals surface area contributed by atoms with Crippen LogP contribution in [0, 0.1) is 6.08 Å². The van der Waals surface area contributed by atoms with Gasteiger partial charge in [0.2, 0.25) is 0 Å². The fraction of sp³-hybridized carbons (Fsp3) is 0.312. The zero-order valence-corrected chi connectivity index (χ0v) is 15.4. The zero-order valence-electron chi connectivity index (χ0n) is 12.2. The van der Waals surface area contributed by atoms with Gasteiger partial charge in [-0.25, -0.2) is 12.2 Å². The number of halogens is 2. The Balaban J connectivity index is -0.000000274. The van der Waals surface area contributed by atoms with Crippen LogP contribution < -0.4 is 0 Å². The molecule has 0 saturated heterocycles. The number of phenols is 1. The van der Waals surface area contributed by atoms with Crippen molar-refractivity contribution in [3.05, 3.63) is 54.1 Å². The van der Waals surface area contributed by atoms with E-state index in [2.05, 4.69) is 37.7 Å². The monoisotopic (exact) mass is 349 g/mol. The molecular weight excluding hydrogens is 327 g/mol. The second-order valence-electron chi connectivity index (χ2n) is 4.80. The summed E-state index contributed by atoms with van der Waals surface area (Å²) >= 11 is 1.75. The summed E-state index contributed by atoms with van der Waals surface area (Å²) < 4.78 is 0. The molecule has 1 N–H and O–H groups in total. The molecule has 0 aliphatic heterocycles. The van der Waals surface area contributed by atoms with E-state index in [4.69, 9.17) is 0 Å². The van der Waals surface area contributed by atoms with Gasteiger partial charge in [0.25, 0.3) is 0 Å². The third kappa shape index (κ3) is 11.5. The van der Waals surface area contributed by atoms with Gasteiger partial charge >= 0.3 is 24.8 Å². The van der Waals surface area contributed by atoms with E-state index < -0.39 is 0 Å². The molecule has 111 valence electrons. The third-order valence-electron chi connectivity index (χ3n) is 2.30. The van der Waals surface area contributed by atoms with Crippen LogP contribution in [-0.4, -0.2) is 9.92 Å². The maximum atomic E-state index is 9.18. The fourth-order valence-corrected chi connectivity index (χ4v) is 1.31. The first-order valence-electron chi connectivity index (χ1n) is 5.87. The van der Waals surface area contributed by atoms with Gasteiger partial charge in [-0.3, -0.25) is 6.08 Å². The second kappa shape index (κ2) is 13.6. The molecule has 1 aliphatic carbocycles. The molecule has 1 aliphatic rings. The molecule has 1 nitrogen and oxygen atoms in total. The predicted molar refractivity (Wildman–Crippen MR) is 90.0 cm³/mol. The van der Waals surface area contributed by atoms with E-state index in [-0.39, 0.29) is 30.2 Å². The Morgan fingerprint density at radius 3 is 2.05 bits per heavy atom. The van der Waals surface area contributed by atoms with Gasteiger partial charge in [0, 0.05) is 0 Å². The molecule has 0 radical (unpaired) electrons. The molecule has 1 aromatic rings. The van der Waals surface area contributed by atoms with E-state index in [1.165, 1.54) is 0 Å². The summed E-state index contributed by atoms with van der Waals surface area (Å²) in [7, 11) is 0. The predicted octanol–water partition coefficient (Wildman–Crippen LogP) is 4.80. The first-order valence-corrected chi connectivity index (χ1v) is 6.97. The standard InChI is InChI=1S/C10H14O.C5H5.CH2.2ClH.Ti/c1-10(2,3)8-5-4-6-9(11)7-8;1-2-4-5-3-1;;;;/h4-7,11H,1-3H3;1-3H,4H2;1H2;2*1H;/q;-1;;;;+1. The molecule has 0 spiro atoms. The van der Waals surface area contributed by atoms with Crippen molar-refractivity contribution in [1.82, 2.24) is 0 Å². The van der Waals surface area contributed by atoms with Gasteiger partial charge in [-0.2, -0.15) is 6.08 Å². The molecule has 4 heteroatoms. The molecule has 0 atom stereocenters. The molecule has 0 unspecified atom stereocenters. The second-order valence-corrected chi connectivity index (χ2v) is 4.80. The van der Waals surface area contributed by atoms with Crippen molar-refractivity contribution < 1.29 is 25.1 Å². The van der Waals surface area contributed by atoms with Crippen LogP contribution in [-0.2, 0) is 25.4 Å². The Kier molecular flexibility index (Phi) is 16.8. The van der Waals surface area contributed by atoms with Crippen molar-refractivity contribution >= 4 is 29.6 Å². The van der Waals surface area contributed by atoms with Crippen molar-refractivity contribution in [2.45, 2.75) is 32.6 Å². The SMILES string of the molecule is CC(C)(C)c1cccc(O)c1.Cl.Cl.[C-]1=CC=CC1.[CH2]=[Ti+]. The number of rotatable bonds is 0. The fourth-order valence-electron chi connectivity index (χ4n) is 1.31. The number of hydrogen-bond acceptors (Lipinski definition) is 1. The van der Waals surface area contributed by atoms with Crippen LogP contribution in [0.15, 0.2) is 42.5 Å². The van der Waals surface area contributed by atoms with Gasteiger partial charge in [0.1, 0.15) is 5.75 Å². The third-order valence-corrected chi connectivity index (χ3v) is 2.30. The number of aromatic hydroxyl groups is 1. The first-order chi connectivity index (χ1) is 8.50. The molecule has 0 aromatic heterocycles. The summed E-state index contributed by atoms with van der Waals surface area (Å²) in [4.78, 5) is 3.25. The number of allylic oxidation sites excluding steroid dienone is 4. The minimum atomic E-state index is 0. The van der Waals surface area contributed by atoms with Crippen LogP contribution in [0.25, 0.3) is 0 Å². The summed E-state index contributed by atoms with van der Waals surface area (Å²) in [6, 6.07) is 7.39. The van der Waals surface area contributed by atoms with Gasteiger partial charge in [0.15, 0.2) is 0 Å². The van der Waals surface area contributed by atoms with Gasteiger partial charge in [-0.15, -0.1) is 31.2 Å². The Hall–Kier alpha value is -0.336. The average Bonchev–Trinajstić information content (AvgIpc) is 2.89. The summed E-state index contributed by atoms with van der Waals surface area (Å²) in [5.74, 6) is 0.345. The Morgan fingerprint density at radius 2 is 1.80 bits per heavy atom. The summed E-state index contributed by atoms with van der Waals surface area (Å²) in [5.41, 5.74) is 1.29. The summed E-state index contributed by atoms with van der Waals surface area (Å²) in [6.07, 6.45) is 10.0. The van der Waals surface area contributed by atoms with E-state index in [0.29, 0.717) is 5.75 Å². The van der Waals surface area contributed by atoms with E-state index in [1.54, 1.807) is 32.1 Å². The molecule has 1 aromatic carbocycles. The quantitative estimate of drug-likeness (QED) is 0.526. The number of hydrogen-bond donors (Lipinski definition) is 1. The molecule has 0 saturated carbocycles. The zero-order chi connectivity index (χ0) is 14.0. The number of benzene rings is 1. The van der Waals surface area contributed by atoms with Crippen LogP contribution >= 0.6 is 24.8 Å². The molecule has 0 heterocycles. The van der Waals surface area contributed by atoms with Crippen LogP contribution in [0.5, 0.6) is 5.75 Å². The van der Waals surface area contributed by atoms with Crippen molar-refractivity contribution in [2.24, 2.45) is 0 Å². The normalized spacial score (nSPS) is 11.1. The average molecular weight is 350 g/mol. The van der Waals surface area contributed by atoms with E-state index >= 15 is 0 Å². The van der Waals surface area contributed by atoms with E-state index in [9.17, 15) is 5.11 Å². The topological polar surface area (TPSA) is 20.2 Å². The van der Waals surface area contributed by atoms with Gasteiger partial charge in [0.05, 0.1) is 0 Å². The Labute approximate surface area is 146 Å². The van der Waals surface area contributed by atoms with Gasteiger partial charge in [-0.1, -0.05) is 32.9 Å². The summed E-state index contributed by atoms with van der Waals surface area (Å²) in [6.45, 7) is 6.38. The van der Waals surface area contributed by atoms with Crippen LogP contribution in [0.4, 0.5) is 0 Å². The Bertz CT molecular complexity index is 399. The Morgan fingerprint density at radius 1 is 1.20 bits per heavy atom. The molecule has 0 bridgehead atoms. The number of phenolic OH excluding ortho intramolecular Hbond substituents is 1. The van der Waals surface area contributed by atoms with Gasteiger partial charge < -0.3 is 5.11 Å². The molecule has 0 amide bonds. The van der Waals surface area contributed by atoms with Gasteiger partial charge in [-0.05, 0) is 23.1 Å². The molecular formula is C16H23Cl2OTi. The van der Waals surface area contributed by atoms with Crippen molar-refractivity contribution in [2.75, 3.05) is 0 Å². The first kappa shape index (κ1) is 24.7.